The number of rotatable bonds is 35. The largest absolute Gasteiger partial charge is 0.476 e. The number of halogens is 1. The van der Waals surface area contributed by atoms with Crippen LogP contribution in [-0.4, -0.2) is 158 Å². The van der Waals surface area contributed by atoms with Gasteiger partial charge in [-0.1, -0.05) is 126 Å². The summed E-state index contributed by atoms with van der Waals surface area (Å²) in [5.74, 6) is -0.0925. The second-order valence-electron chi connectivity index (χ2n) is 32.7. The van der Waals surface area contributed by atoms with E-state index in [1.54, 1.807) is 34.4 Å². The molecule has 5 saturated carbocycles. The number of aryl methyl sites for hydroxylation is 1. The summed E-state index contributed by atoms with van der Waals surface area (Å²) in [6, 6.07) is 17.7. The molecule has 20 nitrogen and oxygen atoms in total. The Morgan fingerprint density at radius 1 is 0.837 bits per heavy atom. The molecule has 7 aromatic rings. The first kappa shape index (κ1) is 75.3. The first-order valence-electron chi connectivity index (χ1n) is 38.1. The summed E-state index contributed by atoms with van der Waals surface area (Å²) in [7, 11) is 2.24. The molecule has 5 atom stereocenters. The zero-order valence-corrected chi connectivity index (χ0v) is 64.5. The number of hydrogen-bond acceptors (Lipinski definition) is 18. The molecule has 1 saturated heterocycles. The zero-order chi connectivity index (χ0) is 73.2. The van der Waals surface area contributed by atoms with E-state index < -0.39 is 46.4 Å². The normalized spacial score (nSPS) is 23.4. The zero-order valence-electron chi connectivity index (χ0n) is 62.1. The summed E-state index contributed by atoms with van der Waals surface area (Å²) in [5.41, 5.74) is 8.17. The number of carboxylic acid groups (broad SMARTS) is 1. The number of fused-ring (bicyclic) bond motifs is 2. The topological polar surface area (TPSA) is 246 Å². The number of nitrogens with zero attached hydrogens (tertiary/aromatic N) is 10. The highest BCUT2D eigenvalue weighted by Gasteiger charge is 2.66. The number of anilines is 4. The van der Waals surface area contributed by atoms with E-state index in [2.05, 4.69) is 69.5 Å². The molecule has 104 heavy (non-hydrogen) atoms. The second kappa shape index (κ2) is 31.5. The predicted octanol–water partition coefficient (Wildman–Crippen LogP) is 15.4. The van der Waals surface area contributed by atoms with Gasteiger partial charge in [-0.15, -0.1) is 21.5 Å². The van der Waals surface area contributed by atoms with Crippen LogP contribution in [0, 0.1) is 37.0 Å². The van der Waals surface area contributed by atoms with Crippen LogP contribution in [0.2, 0.25) is 0 Å². The molecule has 5 N–H and O–H groups in total. The van der Waals surface area contributed by atoms with Crippen molar-refractivity contribution >= 4 is 90.9 Å². The fourth-order valence-electron chi connectivity index (χ4n) is 18.7. The van der Waals surface area contributed by atoms with Crippen molar-refractivity contribution in [1.29, 1.82) is 0 Å². The van der Waals surface area contributed by atoms with Crippen molar-refractivity contribution in [3.05, 3.63) is 106 Å². The Balaban J connectivity index is 0.509. The molecule has 7 aliphatic rings. The van der Waals surface area contributed by atoms with Crippen molar-refractivity contribution in [2.45, 2.75) is 243 Å². The van der Waals surface area contributed by atoms with Gasteiger partial charge in [0, 0.05) is 71.8 Å². The molecule has 4 bridgehead atoms. The molecule has 3 amide bonds. The van der Waals surface area contributed by atoms with Gasteiger partial charge in [0.1, 0.15) is 17.9 Å². The van der Waals surface area contributed by atoms with Gasteiger partial charge in [-0.05, 0) is 183 Å². The van der Waals surface area contributed by atoms with Crippen molar-refractivity contribution < 1.29 is 38.5 Å². The molecule has 14 rings (SSSR count). The molecule has 7 heterocycles. The van der Waals surface area contributed by atoms with Gasteiger partial charge in [-0.3, -0.25) is 19.1 Å². The lowest BCUT2D eigenvalue weighted by Crippen LogP contribution is -2.64. The Kier molecular flexibility index (Phi) is 22.8. The summed E-state index contributed by atoms with van der Waals surface area (Å²) < 4.78 is 24.8. The molecule has 2 unspecified atom stereocenters. The fourth-order valence-corrected chi connectivity index (χ4v) is 21.6. The van der Waals surface area contributed by atoms with Crippen molar-refractivity contribution in [1.82, 2.24) is 55.4 Å². The maximum absolute atomic E-state index is 15.2. The Morgan fingerprint density at radius 3 is 2.22 bits per heavy atom. The smallest absolute Gasteiger partial charge is 0.355 e. The van der Waals surface area contributed by atoms with Gasteiger partial charge in [0.15, 0.2) is 28.1 Å². The quantitative estimate of drug-likeness (QED) is 0.0232. The number of hydrogen-bond donors (Lipinski definition) is 5. The van der Waals surface area contributed by atoms with Gasteiger partial charge >= 0.3 is 5.97 Å². The van der Waals surface area contributed by atoms with Crippen LogP contribution in [0.5, 0.6) is 0 Å². The van der Waals surface area contributed by atoms with Crippen LogP contribution in [0.4, 0.5) is 27.0 Å². The van der Waals surface area contributed by atoms with E-state index in [-0.39, 0.29) is 65.8 Å². The van der Waals surface area contributed by atoms with Gasteiger partial charge < -0.3 is 45.6 Å². The van der Waals surface area contributed by atoms with Gasteiger partial charge in [0.2, 0.25) is 11.8 Å². The van der Waals surface area contributed by atoms with Gasteiger partial charge in [-0.25, -0.2) is 24.1 Å². The molecule has 2 aliphatic heterocycles. The number of β-amino-alcohol motifs (C(OH)–C–C–N with tert-alkyl or cyclic N) is 1. The third kappa shape index (κ3) is 17.0. The van der Waals surface area contributed by atoms with E-state index in [9.17, 15) is 29.4 Å². The molecule has 24 heteroatoms. The van der Waals surface area contributed by atoms with Crippen molar-refractivity contribution in [3.63, 3.8) is 0 Å². The maximum atomic E-state index is 15.2. The lowest BCUT2D eigenvalue weighted by molar-refractivity contribution is -0.248. The van der Waals surface area contributed by atoms with E-state index in [1.165, 1.54) is 69.1 Å². The minimum Gasteiger partial charge on any atom is -0.476 e. The van der Waals surface area contributed by atoms with Crippen LogP contribution in [0.3, 0.4) is 0 Å². The van der Waals surface area contributed by atoms with Crippen molar-refractivity contribution in [2.75, 3.05) is 55.8 Å². The van der Waals surface area contributed by atoms with Gasteiger partial charge in [0.25, 0.3) is 5.91 Å². The second-order valence-corrected chi connectivity index (χ2v) is 36.3. The monoisotopic (exact) mass is 1480 g/mol. The molecular formula is C80H106FN13O7S3. The molecule has 5 aromatic heterocycles. The molecule has 2 aromatic carbocycles. The molecule has 6 fully saturated rings. The van der Waals surface area contributed by atoms with E-state index in [0.29, 0.717) is 29.6 Å². The number of amides is 3. The standard InChI is InChI=1S/C80H106FN13O7S3/c1-52-58-24-23-36-92(69(58)90-89-68(52)88-74-85-61-25-19-20-26-63(61)104-74)64-32-31-59(65(86-64)72(98)99)60-42-84-94(54(60)3)50-78-45-76(6)44-77(7,46-78)48-79(47-76,49-78)101-38-37-91(8)35-21-17-15-13-11-9-10-12-14-16-18-22-39-103-75(4,5)67(87-73(100)80(81)33-34-80)71(97)93-43-57(95)40-62(93)70(96)82-41-55-27-29-56(30-28-55)66-53(2)83-51-102-66/h19-20,25-32,42,51,57,62,67,95H,9-18,21-24,33-41,43-50H2,1-8H3,(H,82,96)(H,87,100)(H,98,99)(H,85,88,89)/t57-,62+,67-,76?,77?,78?,79?/m1/s1. The van der Waals surface area contributed by atoms with E-state index in [4.69, 9.17) is 24.9 Å². The number of ether oxygens (including phenoxy) is 1. The number of likely N-dealkylation sites (N-methyl/N-ethyl adjacent to an activating group) is 1. The average molecular weight is 1480 g/mol. The third-order valence-corrected chi connectivity index (χ3v) is 26.6. The number of aliphatic hydroxyl groups is 1. The van der Waals surface area contributed by atoms with Crippen LogP contribution in [0.15, 0.2) is 72.4 Å². The minimum absolute atomic E-state index is 0.00937. The van der Waals surface area contributed by atoms with E-state index >= 15 is 4.39 Å². The van der Waals surface area contributed by atoms with Gasteiger partial charge in [0.05, 0.1) is 50.8 Å². The van der Waals surface area contributed by atoms with Crippen LogP contribution < -0.4 is 20.9 Å². The summed E-state index contributed by atoms with van der Waals surface area (Å²) in [6.45, 7) is 19.2. The number of thiazole rings is 2. The first-order valence-corrected chi connectivity index (χ1v) is 40.8. The number of aromatic carboxylic acids is 1. The Bertz CT molecular complexity index is 4180. The third-order valence-electron chi connectivity index (χ3n) is 23.2. The van der Waals surface area contributed by atoms with Crippen molar-refractivity contribution in [2.24, 2.45) is 16.2 Å². The Morgan fingerprint density at radius 2 is 1.54 bits per heavy atom. The highest BCUT2D eigenvalue weighted by atomic mass is 32.2. The molecule has 558 valence electrons. The fraction of sp³-hybridized carbons (Fsp3) is 0.600. The maximum Gasteiger partial charge on any atom is 0.355 e. The van der Waals surface area contributed by atoms with Crippen LogP contribution >= 0.6 is 34.4 Å². The summed E-state index contributed by atoms with van der Waals surface area (Å²) in [6.07, 6.45) is 23.8. The summed E-state index contributed by atoms with van der Waals surface area (Å²) >= 11 is 4.74. The number of aliphatic hydroxyl groups excluding tert-OH is 1. The number of para-hydroxylation sites is 1. The average Bonchev–Trinajstić information content (AvgIpc) is 0.831. The lowest BCUT2D eigenvalue weighted by Gasteiger charge is -2.69. The Hall–Kier alpha value is -6.96. The number of nitrogens with one attached hydrogen (secondary N) is 3. The predicted molar refractivity (Wildman–Crippen MR) is 412 cm³/mol. The number of likely N-dealkylation sites (tertiary alicyclic amines) is 1. The number of alkyl halides is 1. The highest BCUT2D eigenvalue weighted by Crippen LogP contribution is 2.72. The molecule has 0 radical (unpaired) electrons. The molecule has 5 aliphatic carbocycles. The SMILES string of the molecule is Cc1ncsc1-c1ccc(CNC(=O)[C@@H]2C[C@@H](O)CN2C(=O)[C@@H](NC(=O)C2(F)CC2)C(C)(C)SCCCCCCCCCCCCCCN(C)CCOC23CC4(C)CC(C)(CC(Cn5ncc(-c6ccc(N7CCCc8c7nnc(Nc7nc9ccccc9s7)c8C)nc6C(=O)O)c5C)(C4)C2)C3)cc1. The number of thioether (sulfide) groups is 1. The summed E-state index contributed by atoms with van der Waals surface area (Å²) in [4.78, 5) is 75.5. The number of benzene rings is 2. The number of carbonyl (C=O) groups excluding carboxylic acids is 3. The van der Waals surface area contributed by atoms with Gasteiger partial charge in [-0.2, -0.15) is 16.9 Å². The van der Waals surface area contributed by atoms with Crippen LogP contribution in [0.1, 0.15) is 208 Å². The Labute approximate surface area is 624 Å². The summed E-state index contributed by atoms with van der Waals surface area (Å²) in [5, 5.41) is 45.8. The molecular weight excluding hydrogens is 1370 g/mol. The van der Waals surface area contributed by atoms with Crippen molar-refractivity contribution in [3.8, 4) is 21.6 Å². The highest BCUT2D eigenvalue weighted by molar-refractivity contribution is 8.00. The molecule has 0 spiro atoms. The number of pyridine rings is 1. The van der Waals surface area contributed by atoms with Crippen LogP contribution in [0.25, 0.3) is 31.8 Å². The minimum atomic E-state index is -1.98. The number of carboxylic acids is 1. The van der Waals surface area contributed by atoms with E-state index in [0.717, 1.165) is 156 Å². The van der Waals surface area contributed by atoms with E-state index in [1.807, 2.05) is 98.9 Å². The number of unbranched alkanes of at least 4 members (excludes halogenated alkanes) is 11. The lowest BCUT2D eigenvalue weighted by atomic mass is 9.39. The first-order chi connectivity index (χ1) is 49.8. The number of aromatic nitrogens is 7. The number of carbonyl (C=O) groups is 4. The van der Waals surface area contributed by atoms with Crippen LogP contribution in [-0.2, 0) is 38.6 Å².